The zero-order chi connectivity index (χ0) is 15.0. The van der Waals surface area contributed by atoms with Gasteiger partial charge >= 0.3 is 0 Å². The van der Waals surface area contributed by atoms with Gasteiger partial charge in [-0.3, -0.25) is 0 Å². The van der Waals surface area contributed by atoms with E-state index in [2.05, 4.69) is 41.4 Å². The number of thiophene rings is 1. The first-order valence-corrected chi connectivity index (χ1v) is 7.92. The lowest BCUT2D eigenvalue weighted by Gasteiger charge is -2.37. The molecule has 21 heavy (non-hydrogen) atoms. The van der Waals surface area contributed by atoms with E-state index in [0.717, 1.165) is 29.8 Å². The predicted octanol–water partition coefficient (Wildman–Crippen LogP) is 3.27. The molecular weight excluding hydrogens is 282 g/mol. The van der Waals surface area contributed by atoms with Crippen molar-refractivity contribution in [1.82, 2.24) is 0 Å². The minimum absolute atomic E-state index is 0.164. The maximum atomic E-state index is 9.04. The summed E-state index contributed by atoms with van der Waals surface area (Å²) < 4.78 is 0. The molecule has 5 heteroatoms. The van der Waals surface area contributed by atoms with E-state index in [1.807, 2.05) is 23.5 Å². The second-order valence-corrected chi connectivity index (χ2v) is 6.38. The van der Waals surface area contributed by atoms with Gasteiger partial charge in [0.1, 0.15) is 0 Å². The zero-order valence-electron chi connectivity index (χ0n) is 12.2. The molecule has 1 aromatic carbocycles. The van der Waals surface area contributed by atoms with E-state index in [9.17, 15) is 0 Å². The molecule has 0 spiro atoms. The van der Waals surface area contributed by atoms with E-state index < -0.39 is 0 Å². The van der Waals surface area contributed by atoms with Crippen LogP contribution in [0, 0.1) is 6.92 Å². The molecule has 0 amide bonds. The molecule has 0 saturated carbocycles. The summed E-state index contributed by atoms with van der Waals surface area (Å²) >= 11 is 1.83. The van der Waals surface area contributed by atoms with Crippen molar-refractivity contribution in [2.75, 3.05) is 11.4 Å². The summed E-state index contributed by atoms with van der Waals surface area (Å²) in [6, 6.07) is 8.42. The highest BCUT2D eigenvalue weighted by Gasteiger charge is 2.27. The number of fused-ring (bicyclic) bond motifs is 1. The molecule has 1 aromatic heterocycles. The summed E-state index contributed by atoms with van der Waals surface area (Å²) in [6.45, 7) is 5.23. The molecule has 4 nitrogen and oxygen atoms in total. The van der Waals surface area contributed by atoms with Gasteiger partial charge in [0.15, 0.2) is 5.84 Å². The average molecular weight is 301 g/mol. The Morgan fingerprint density at radius 1 is 1.43 bits per heavy atom. The molecule has 0 saturated heterocycles. The Labute approximate surface area is 128 Å². The van der Waals surface area contributed by atoms with Gasteiger partial charge in [0.2, 0.25) is 0 Å². The fraction of sp³-hybridized carbons (Fsp3) is 0.312. The summed E-state index contributed by atoms with van der Waals surface area (Å²) in [5.74, 6) is 0.164. The van der Waals surface area contributed by atoms with Crippen molar-refractivity contribution in [3.05, 3.63) is 51.2 Å². The summed E-state index contributed by atoms with van der Waals surface area (Å²) in [5, 5.41) is 14.4. The maximum Gasteiger partial charge on any atom is 0.172 e. The van der Waals surface area contributed by atoms with E-state index in [0.29, 0.717) is 6.04 Å². The van der Waals surface area contributed by atoms with Crippen LogP contribution in [-0.2, 0) is 6.42 Å². The highest BCUT2D eigenvalue weighted by Crippen LogP contribution is 2.38. The molecule has 110 valence electrons. The SMILES string of the molecule is Cc1cccc(/C(N)=N/O)c1N1CCc2sccc2C1C. The number of nitrogens with two attached hydrogens (primary N) is 1. The Kier molecular flexibility index (Phi) is 3.59. The number of benzene rings is 1. The van der Waals surface area contributed by atoms with Crippen molar-refractivity contribution in [1.29, 1.82) is 0 Å². The first-order valence-electron chi connectivity index (χ1n) is 7.04. The second-order valence-electron chi connectivity index (χ2n) is 5.37. The van der Waals surface area contributed by atoms with Gasteiger partial charge in [0.25, 0.3) is 0 Å². The third kappa shape index (κ3) is 2.27. The van der Waals surface area contributed by atoms with E-state index in [1.165, 1.54) is 10.4 Å². The van der Waals surface area contributed by atoms with E-state index in [1.54, 1.807) is 0 Å². The number of hydrogen-bond acceptors (Lipinski definition) is 4. The third-order valence-electron chi connectivity index (χ3n) is 4.19. The molecule has 3 N–H and O–H groups in total. The fourth-order valence-electron chi connectivity index (χ4n) is 3.12. The van der Waals surface area contributed by atoms with Crippen molar-refractivity contribution in [3.63, 3.8) is 0 Å². The van der Waals surface area contributed by atoms with Crippen molar-refractivity contribution >= 4 is 22.9 Å². The molecule has 2 heterocycles. The fourth-order valence-corrected chi connectivity index (χ4v) is 4.08. The van der Waals surface area contributed by atoms with E-state index in [4.69, 9.17) is 10.9 Å². The molecule has 1 aliphatic heterocycles. The van der Waals surface area contributed by atoms with Gasteiger partial charge in [-0.1, -0.05) is 17.3 Å². The number of nitrogens with zero attached hydrogens (tertiary/aromatic N) is 2. The lowest BCUT2D eigenvalue weighted by atomic mass is 9.97. The average Bonchev–Trinajstić information content (AvgIpc) is 2.97. The van der Waals surface area contributed by atoms with Crippen LogP contribution in [0.1, 0.15) is 34.5 Å². The van der Waals surface area contributed by atoms with Crippen LogP contribution in [0.5, 0.6) is 0 Å². The van der Waals surface area contributed by atoms with Crippen LogP contribution in [-0.4, -0.2) is 17.6 Å². The van der Waals surface area contributed by atoms with Gasteiger partial charge in [-0.05, 0) is 48.9 Å². The van der Waals surface area contributed by atoms with Crippen LogP contribution >= 0.6 is 11.3 Å². The number of rotatable bonds is 2. The van der Waals surface area contributed by atoms with E-state index in [-0.39, 0.29) is 5.84 Å². The molecule has 0 radical (unpaired) electrons. The number of aryl methyl sites for hydroxylation is 1. The van der Waals surface area contributed by atoms with Crippen LogP contribution in [0.4, 0.5) is 5.69 Å². The number of anilines is 1. The molecule has 1 aliphatic rings. The molecule has 1 unspecified atom stereocenters. The lowest BCUT2D eigenvalue weighted by Crippen LogP contribution is -2.35. The van der Waals surface area contributed by atoms with Gasteiger partial charge in [-0.25, -0.2) is 0 Å². The molecule has 2 aromatic rings. The topological polar surface area (TPSA) is 61.9 Å². The van der Waals surface area contributed by atoms with Crippen molar-refractivity contribution < 1.29 is 5.21 Å². The number of para-hydroxylation sites is 1. The second kappa shape index (κ2) is 5.41. The molecule has 3 rings (SSSR count). The Bertz CT molecular complexity index is 693. The van der Waals surface area contributed by atoms with Crippen LogP contribution in [0.2, 0.25) is 0 Å². The largest absolute Gasteiger partial charge is 0.409 e. The Morgan fingerprint density at radius 2 is 2.24 bits per heavy atom. The maximum absolute atomic E-state index is 9.04. The Morgan fingerprint density at radius 3 is 3.00 bits per heavy atom. The summed E-state index contributed by atoms with van der Waals surface area (Å²) in [6.07, 6.45) is 1.04. The zero-order valence-corrected chi connectivity index (χ0v) is 13.0. The van der Waals surface area contributed by atoms with Crippen LogP contribution in [0.25, 0.3) is 0 Å². The third-order valence-corrected chi connectivity index (χ3v) is 5.18. The Hall–Kier alpha value is -2.01. The van der Waals surface area contributed by atoms with Gasteiger partial charge in [0, 0.05) is 17.0 Å². The smallest absolute Gasteiger partial charge is 0.172 e. The molecule has 0 aliphatic carbocycles. The Balaban J connectivity index is 2.10. The molecular formula is C16H19N3OS. The predicted molar refractivity (Wildman–Crippen MR) is 87.5 cm³/mol. The van der Waals surface area contributed by atoms with Crippen LogP contribution in [0.15, 0.2) is 34.8 Å². The minimum atomic E-state index is 0.164. The van der Waals surface area contributed by atoms with Gasteiger partial charge in [-0.2, -0.15) is 0 Å². The van der Waals surface area contributed by atoms with Crippen molar-refractivity contribution in [2.45, 2.75) is 26.3 Å². The number of hydrogen-bond donors (Lipinski definition) is 2. The minimum Gasteiger partial charge on any atom is -0.409 e. The van der Waals surface area contributed by atoms with Crippen molar-refractivity contribution in [2.24, 2.45) is 10.9 Å². The highest BCUT2D eigenvalue weighted by molar-refractivity contribution is 7.10. The summed E-state index contributed by atoms with van der Waals surface area (Å²) in [7, 11) is 0. The van der Waals surface area contributed by atoms with Crippen molar-refractivity contribution in [3.8, 4) is 0 Å². The summed E-state index contributed by atoms with van der Waals surface area (Å²) in [4.78, 5) is 3.83. The van der Waals surface area contributed by atoms with Gasteiger partial charge in [-0.15, -0.1) is 11.3 Å². The molecule has 1 atom stereocenters. The molecule has 0 bridgehead atoms. The van der Waals surface area contributed by atoms with Gasteiger partial charge in [0.05, 0.1) is 11.7 Å². The van der Waals surface area contributed by atoms with Crippen LogP contribution in [0.3, 0.4) is 0 Å². The number of oxime groups is 1. The first-order chi connectivity index (χ1) is 10.1. The number of amidine groups is 1. The first kappa shape index (κ1) is 13.9. The molecule has 0 fully saturated rings. The van der Waals surface area contributed by atoms with Gasteiger partial charge < -0.3 is 15.8 Å². The van der Waals surface area contributed by atoms with Crippen LogP contribution < -0.4 is 10.6 Å². The summed E-state index contributed by atoms with van der Waals surface area (Å²) in [5.41, 5.74) is 10.3. The van der Waals surface area contributed by atoms with E-state index >= 15 is 0 Å². The lowest BCUT2D eigenvalue weighted by molar-refractivity contribution is 0.318. The highest BCUT2D eigenvalue weighted by atomic mass is 32.1. The standard InChI is InChI=1S/C16H19N3OS/c1-10-4-3-5-13(16(17)18-20)15(10)19-8-6-14-12(11(19)2)7-9-21-14/h3-5,7,9,11,20H,6,8H2,1-2H3,(H2,17,18). The monoisotopic (exact) mass is 301 g/mol. The quantitative estimate of drug-likeness (QED) is 0.387. The normalized spacial score (nSPS) is 18.7.